The molecule has 5 aromatic rings. The highest BCUT2D eigenvalue weighted by Crippen LogP contribution is 2.56. The van der Waals surface area contributed by atoms with E-state index in [1.54, 1.807) is 6.92 Å². The van der Waals surface area contributed by atoms with Gasteiger partial charge in [0.15, 0.2) is 0 Å². The van der Waals surface area contributed by atoms with Crippen LogP contribution in [0.15, 0.2) is 146 Å². The summed E-state index contributed by atoms with van der Waals surface area (Å²) in [6.07, 6.45) is 1.83. The summed E-state index contributed by atoms with van der Waals surface area (Å²) >= 11 is 0. The average molecular weight is 516 g/mol. The monoisotopic (exact) mass is 515 g/mol. The number of benzene rings is 5. The summed E-state index contributed by atoms with van der Waals surface area (Å²) in [5, 5.41) is 9.09. The predicted molar refractivity (Wildman–Crippen MR) is 169 cm³/mol. The Bertz CT molecular complexity index is 1680. The van der Waals surface area contributed by atoms with Crippen LogP contribution in [0, 0.1) is 11.3 Å². The van der Waals surface area contributed by atoms with Crippen molar-refractivity contribution >= 4 is 5.57 Å². The van der Waals surface area contributed by atoms with Crippen molar-refractivity contribution in [3.63, 3.8) is 0 Å². The Morgan fingerprint density at radius 2 is 1.18 bits per heavy atom. The summed E-state index contributed by atoms with van der Waals surface area (Å²) < 4.78 is 0. The molecule has 194 valence electrons. The molecule has 5 aromatic carbocycles. The number of allylic oxidation sites excluding steroid dienone is 3. The van der Waals surface area contributed by atoms with Gasteiger partial charge in [0.25, 0.3) is 0 Å². The lowest BCUT2D eigenvalue weighted by atomic mass is 9.67. The third kappa shape index (κ3) is 4.49. The van der Waals surface area contributed by atoms with Crippen LogP contribution in [0.1, 0.15) is 48.6 Å². The van der Waals surface area contributed by atoms with Crippen molar-refractivity contribution < 1.29 is 0 Å². The zero-order valence-electron chi connectivity index (χ0n) is 23.4. The zero-order chi connectivity index (χ0) is 28.1. The first-order valence-electron chi connectivity index (χ1n) is 13.9. The first kappa shape index (κ1) is 26.7. The van der Waals surface area contributed by atoms with E-state index in [4.69, 9.17) is 5.26 Å². The number of nitrogens with zero attached hydrogens (tertiary/aromatic N) is 1. The fourth-order valence-electron chi connectivity index (χ4n) is 5.88. The van der Waals surface area contributed by atoms with Gasteiger partial charge >= 0.3 is 0 Å². The van der Waals surface area contributed by atoms with Crippen LogP contribution in [0.2, 0.25) is 0 Å². The Balaban J connectivity index is 0.00000158. The first-order valence-corrected chi connectivity index (χ1v) is 13.9. The van der Waals surface area contributed by atoms with E-state index in [1.165, 1.54) is 38.9 Å². The van der Waals surface area contributed by atoms with Gasteiger partial charge in [0.2, 0.25) is 0 Å². The first-order chi connectivity index (χ1) is 19.6. The van der Waals surface area contributed by atoms with E-state index in [0.717, 1.165) is 16.7 Å². The molecular weight excluding hydrogens is 482 g/mol. The summed E-state index contributed by atoms with van der Waals surface area (Å²) in [5.41, 5.74) is 12.2. The van der Waals surface area contributed by atoms with Crippen LogP contribution in [-0.2, 0) is 5.41 Å². The number of hydrogen-bond acceptors (Lipinski definition) is 1. The summed E-state index contributed by atoms with van der Waals surface area (Å²) in [4.78, 5) is 0. The highest BCUT2D eigenvalue weighted by atomic mass is 14.5. The Hall–Kier alpha value is -4.93. The third-order valence-corrected chi connectivity index (χ3v) is 7.61. The van der Waals surface area contributed by atoms with Crippen LogP contribution in [-0.4, -0.2) is 0 Å². The van der Waals surface area contributed by atoms with E-state index in [9.17, 15) is 0 Å². The normalized spacial score (nSPS) is 12.8. The molecule has 0 fully saturated rings. The van der Waals surface area contributed by atoms with Crippen LogP contribution in [0.3, 0.4) is 0 Å². The highest BCUT2D eigenvalue weighted by Gasteiger charge is 2.45. The third-order valence-electron chi connectivity index (χ3n) is 7.61. The molecule has 0 bridgehead atoms. The predicted octanol–water partition coefficient (Wildman–Crippen LogP) is 10.2. The van der Waals surface area contributed by atoms with Gasteiger partial charge in [-0.1, -0.05) is 142 Å². The lowest BCUT2D eigenvalue weighted by Gasteiger charge is -2.33. The van der Waals surface area contributed by atoms with E-state index in [0.29, 0.717) is 5.57 Å². The summed E-state index contributed by atoms with van der Waals surface area (Å²) in [7, 11) is 0. The molecule has 0 amide bonds. The quantitative estimate of drug-likeness (QED) is 0.165. The molecule has 1 aliphatic rings. The van der Waals surface area contributed by atoms with Crippen molar-refractivity contribution in [2.24, 2.45) is 0 Å². The van der Waals surface area contributed by atoms with Gasteiger partial charge in [0.1, 0.15) is 0 Å². The topological polar surface area (TPSA) is 23.8 Å². The smallest absolute Gasteiger partial charge is 0.0944 e. The van der Waals surface area contributed by atoms with Crippen molar-refractivity contribution in [1.82, 2.24) is 0 Å². The molecule has 1 aliphatic carbocycles. The molecule has 0 radical (unpaired) electrons. The number of fused-ring (bicyclic) bond motifs is 3. The highest BCUT2D eigenvalue weighted by molar-refractivity contribution is 5.89. The summed E-state index contributed by atoms with van der Waals surface area (Å²) in [6.45, 7) is 9.93. The molecule has 0 N–H and O–H groups in total. The number of nitriles is 1. The van der Waals surface area contributed by atoms with Gasteiger partial charge in [-0.05, 0) is 74.7 Å². The van der Waals surface area contributed by atoms with E-state index in [2.05, 4.69) is 140 Å². The van der Waals surface area contributed by atoms with Crippen LogP contribution >= 0.6 is 0 Å². The van der Waals surface area contributed by atoms with Crippen molar-refractivity contribution in [3.05, 3.63) is 173 Å². The SMILES string of the molecule is C=C(/C=C(\C)C#N)c1ccc(-c2ccc3c(c2)-c2ccccc2C3(c2ccccc2)c2ccccc2)cc1.CC. The molecule has 0 atom stereocenters. The van der Waals surface area contributed by atoms with E-state index >= 15 is 0 Å². The van der Waals surface area contributed by atoms with Gasteiger partial charge < -0.3 is 0 Å². The van der Waals surface area contributed by atoms with Crippen molar-refractivity contribution in [2.45, 2.75) is 26.2 Å². The Labute approximate surface area is 238 Å². The second kappa shape index (κ2) is 11.4. The fourth-order valence-corrected chi connectivity index (χ4v) is 5.88. The zero-order valence-corrected chi connectivity index (χ0v) is 23.4. The second-order valence-corrected chi connectivity index (χ2v) is 9.83. The molecular formula is C39H33N. The van der Waals surface area contributed by atoms with E-state index in [-0.39, 0.29) is 5.41 Å². The molecule has 0 saturated carbocycles. The van der Waals surface area contributed by atoms with Crippen LogP contribution in [0.5, 0.6) is 0 Å². The molecule has 1 heteroatoms. The largest absolute Gasteiger partial charge is 0.193 e. The minimum absolute atomic E-state index is 0.375. The maximum atomic E-state index is 9.09. The number of rotatable bonds is 5. The van der Waals surface area contributed by atoms with Gasteiger partial charge in [0.05, 0.1) is 11.5 Å². The maximum absolute atomic E-state index is 9.09. The van der Waals surface area contributed by atoms with E-state index < -0.39 is 0 Å². The van der Waals surface area contributed by atoms with E-state index in [1.807, 2.05) is 19.9 Å². The second-order valence-electron chi connectivity index (χ2n) is 9.83. The van der Waals surface area contributed by atoms with Crippen LogP contribution in [0.25, 0.3) is 27.8 Å². The lowest BCUT2D eigenvalue weighted by molar-refractivity contribution is 0.768. The summed E-state index contributed by atoms with van der Waals surface area (Å²) in [6, 6.07) is 48.1. The van der Waals surface area contributed by atoms with Gasteiger partial charge in [0, 0.05) is 5.57 Å². The van der Waals surface area contributed by atoms with Crippen molar-refractivity contribution in [2.75, 3.05) is 0 Å². The molecule has 0 aromatic heterocycles. The Kier molecular flexibility index (Phi) is 7.63. The van der Waals surface area contributed by atoms with Crippen molar-refractivity contribution in [3.8, 4) is 28.3 Å². The van der Waals surface area contributed by atoms with Gasteiger partial charge in [-0.15, -0.1) is 0 Å². The molecule has 0 saturated heterocycles. The Morgan fingerprint density at radius 1 is 0.650 bits per heavy atom. The van der Waals surface area contributed by atoms with Gasteiger partial charge in [-0.25, -0.2) is 0 Å². The molecule has 0 unspecified atom stereocenters. The lowest BCUT2D eigenvalue weighted by Crippen LogP contribution is -2.28. The Morgan fingerprint density at radius 3 is 1.77 bits per heavy atom. The van der Waals surface area contributed by atoms with Crippen molar-refractivity contribution in [1.29, 1.82) is 5.26 Å². The molecule has 0 spiro atoms. The average Bonchev–Trinajstić information content (AvgIpc) is 3.33. The van der Waals surface area contributed by atoms with Gasteiger partial charge in [-0.2, -0.15) is 5.26 Å². The minimum Gasteiger partial charge on any atom is -0.193 e. The summed E-state index contributed by atoms with van der Waals surface area (Å²) in [5.74, 6) is 0. The molecule has 0 aliphatic heterocycles. The minimum atomic E-state index is -0.375. The molecule has 0 heterocycles. The maximum Gasteiger partial charge on any atom is 0.0944 e. The molecule has 40 heavy (non-hydrogen) atoms. The molecule has 6 rings (SSSR count). The standard InChI is InChI=1S/C37H27N.C2H6/c1-26(25-38)23-27(2)28-17-19-29(20-18-28)30-21-22-36-34(24-30)33-15-9-10-16-35(33)37(36,31-11-5-3-6-12-31)32-13-7-4-8-14-32;1-2/h3-24H,2H2,1H3;1-2H3/b26-23+;. The van der Waals surface area contributed by atoms with Crippen LogP contribution in [0.4, 0.5) is 0 Å². The fraction of sp³-hybridized carbons (Fsp3) is 0.103. The molecule has 1 nitrogen and oxygen atoms in total. The van der Waals surface area contributed by atoms with Crippen LogP contribution < -0.4 is 0 Å². The van der Waals surface area contributed by atoms with Gasteiger partial charge in [-0.3, -0.25) is 0 Å². The number of hydrogen-bond donors (Lipinski definition) is 0.